The highest BCUT2D eigenvalue weighted by molar-refractivity contribution is 5.17. The number of rotatable bonds is 5. The van der Waals surface area contributed by atoms with E-state index in [1.807, 2.05) is 6.08 Å². The third-order valence-corrected chi connectivity index (χ3v) is 2.08. The Morgan fingerprint density at radius 2 is 2.07 bits per heavy atom. The Kier molecular flexibility index (Phi) is 4.29. The highest BCUT2D eigenvalue weighted by Gasteiger charge is 2.05. The third-order valence-electron chi connectivity index (χ3n) is 2.08. The first-order valence-electron chi connectivity index (χ1n) is 4.57. The average molecular weight is 194 g/mol. The zero-order valence-electron chi connectivity index (χ0n) is 8.04. The SMILES string of the molecule is C=CCC(Cc1ccc(F)cc1)NN. The summed E-state index contributed by atoms with van der Waals surface area (Å²) in [5.74, 6) is 5.15. The Bertz CT molecular complexity index is 282. The van der Waals surface area contributed by atoms with Gasteiger partial charge in [0.15, 0.2) is 0 Å². The summed E-state index contributed by atoms with van der Waals surface area (Å²) in [6.07, 6.45) is 3.39. The number of nitrogens with two attached hydrogens (primary N) is 1. The molecule has 0 aromatic heterocycles. The van der Waals surface area contributed by atoms with Crippen LogP contribution in [0.5, 0.6) is 0 Å². The van der Waals surface area contributed by atoms with Crippen molar-refractivity contribution < 1.29 is 4.39 Å². The Hall–Kier alpha value is -1.19. The molecule has 1 atom stereocenters. The van der Waals surface area contributed by atoms with E-state index >= 15 is 0 Å². The van der Waals surface area contributed by atoms with Gasteiger partial charge in [-0.05, 0) is 30.5 Å². The first-order chi connectivity index (χ1) is 6.76. The molecule has 0 bridgehead atoms. The van der Waals surface area contributed by atoms with Crippen molar-refractivity contribution >= 4 is 0 Å². The quantitative estimate of drug-likeness (QED) is 0.426. The van der Waals surface area contributed by atoms with Crippen molar-refractivity contribution in [3.63, 3.8) is 0 Å². The van der Waals surface area contributed by atoms with Gasteiger partial charge in [-0.1, -0.05) is 18.2 Å². The lowest BCUT2D eigenvalue weighted by molar-refractivity contribution is 0.530. The maximum absolute atomic E-state index is 12.6. The summed E-state index contributed by atoms with van der Waals surface area (Å²) in [5.41, 5.74) is 3.77. The normalized spacial score (nSPS) is 12.4. The van der Waals surface area contributed by atoms with Crippen molar-refractivity contribution in [3.05, 3.63) is 48.3 Å². The van der Waals surface area contributed by atoms with Gasteiger partial charge in [-0.3, -0.25) is 11.3 Å². The molecular formula is C11H15FN2. The van der Waals surface area contributed by atoms with Crippen molar-refractivity contribution in [3.8, 4) is 0 Å². The molecule has 2 nitrogen and oxygen atoms in total. The Labute approximate surface area is 83.6 Å². The van der Waals surface area contributed by atoms with Crippen LogP contribution in [0.15, 0.2) is 36.9 Å². The topological polar surface area (TPSA) is 38.0 Å². The monoisotopic (exact) mass is 194 g/mol. The van der Waals surface area contributed by atoms with E-state index in [9.17, 15) is 4.39 Å². The van der Waals surface area contributed by atoms with Gasteiger partial charge >= 0.3 is 0 Å². The molecule has 0 fully saturated rings. The molecule has 3 heteroatoms. The second kappa shape index (κ2) is 5.52. The lowest BCUT2D eigenvalue weighted by Gasteiger charge is -2.13. The third kappa shape index (κ3) is 3.28. The van der Waals surface area contributed by atoms with Gasteiger partial charge in [0.2, 0.25) is 0 Å². The highest BCUT2D eigenvalue weighted by atomic mass is 19.1. The summed E-state index contributed by atoms with van der Waals surface area (Å²) in [5, 5.41) is 0. The summed E-state index contributed by atoms with van der Waals surface area (Å²) in [7, 11) is 0. The Balaban J connectivity index is 2.57. The number of benzene rings is 1. The van der Waals surface area contributed by atoms with E-state index in [1.54, 1.807) is 12.1 Å². The summed E-state index contributed by atoms with van der Waals surface area (Å²) < 4.78 is 12.6. The van der Waals surface area contributed by atoms with E-state index in [0.717, 1.165) is 18.4 Å². The van der Waals surface area contributed by atoms with Crippen molar-refractivity contribution in [1.82, 2.24) is 5.43 Å². The molecule has 76 valence electrons. The van der Waals surface area contributed by atoms with E-state index in [1.165, 1.54) is 12.1 Å². The van der Waals surface area contributed by atoms with E-state index in [4.69, 9.17) is 5.84 Å². The molecule has 0 saturated heterocycles. The fourth-order valence-electron chi connectivity index (χ4n) is 1.32. The minimum atomic E-state index is -0.213. The van der Waals surface area contributed by atoms with Crippen LogP contribution < -0.4 is 11.3 Å². The second-order valence-corrected chi connectivity index (χ2v) is 3.22. The van der Waals surface area contributed by atoms with Crippen LogP contribution in [-0.4, -0.2) is 6.04 Å². The van der Waals surface area contributed by atoms with E-state index < -0.39 is 0 Å². The minimum absolute atomic E-state index is 0.165. The maximum Gasteiger partial charge on any atom is 0.123 e. The van der Waals surface area contributed by atoms with Crippen molar-refractivity contribution in [1.29, 1.82) is 0 Å². The van der Waals surface area contributed by atoms with Gasteiger partial charge in [-0.2, -0.15) is 0 Å². The molecule has 0 heterocycles. The van der Waals surface area contributed by atoms with Crippen molar-refractivity contribution in [2.45, 2.75) is 18.9 Å². The number of hydrogen-bond donors (Lipinski definition) is 2. The van der Waals surface area contributed by atoms with Crippen LogP contribution in [0.25, 0.3) is 0 Å². The fourth-order valence-corrected chi connectivity index (χ4v) is 1.32. The largest absolute Gasteiger partial charge is 0.271 e. The molecule has 3 N–H and O–H groups in total. The minimum Gasteiger partial charge on any atom is -0.271 e. The number of nitrogens with one attached hydrogen (secondary N) is 1. The highest BCUT2D eigenvalue weighted by Crippen LogP contribution is 2.07. The van der Waals surface area contributed by atoms with Gasteiger partial charge in [0.25, 0.3) is 0 Å². The number of hydrazine groups is 1. The molecular weight excluding hydrogens is 179 g/mol. The molecule has 1 aromatic rings. The number of halogens is 1. The Morgan fingerprint density at radius 1 is 1.43 bits per heavy atom. The van der Waals surface area contributed by atoms with Gasteiger partial charge in [-0.15, -0.1) is 6.58 Å². The van der Waals surface area contributed by atoms with E-state index in [-0.39, 0.29) is 11.9 Å². The lowest BCUT2D eigenvalue weighted by Crippen LogP contribution is -2.36. The van der Waals surface area contributed by atoms with Crippen LogP contribution in [0.1, 0.15) is 12.0 Å². The van der Waals surface area contributed by atoms with Crippen LogP contribution in [0.2, 0.25) is 0 Å². The maximum atomic E-state index is 12.6. The van der Waals surface area contributed by atoms with Gasteiger partial charge in [-0.25, -0.2) is 4.39 Å². The van der Waals surface area contributed by atoms with Crippen LogP contribution in [0.4, 0.5) is 4.39 Å². The average Bonchev–Trinajstić information content (AvgIpc) is 2.20. The first-order valence-corrected chi connectivity index (χ1v) is 4.57. The van der Waals surface area contributed by atoms with E-state index in [2.05, 4.69) is 12.0 Å². The summed E-state index contributed by atoms with van der Waals surface area (Å²) in [6.45, 7) is 3.65. The predicted molar refractivity (Wildman–Crippen MR) is 56.0 cm³/mol. The van der Waals surface area contributed by atoms with Crippen LogP contribution in [0.3, 0.4) is 0 Å². The lowest BCUT2D eigenvalue weighted by atomic mass is 10.0. The zero-order chi connectivity index (χ0) is 10.4. The van der Waals surface area contributed by atoms with Gasteiger partial charge in [0, 0.05) is 6.04 Å². The predicted octanol–water partition coefficient (Wildman–Crippen LogP) is 1.78. The van der Waals surface area contributed by atoms with Crippen LogP contribution in [-0.2, 0) is 6.42 Å². The van der Waals surface area contributed by atoms with Gasteiger partial charge < -0.3 is 0 Å². The molecule has 0 aliphatic rings. The van der Waals surface area contributed by atoms with E-state index in [0.29, 0.717) is 0 Å². The molecule has 0 saturated carbocycles. The molecule has 0 radical (unpaired) electrons. The van der Waals surface area contributed by atoms with Gasteiger partial charge in [0.1, 0.15) is 5.82 Å². The zero-order valence-corrected chi connectivity index (χ0v) is 8.04. The molecule has 1 aromatic carbocycles. The van der Waals surface area contributed by atoms with Crippen molar-refractivity contribution in [2.75, 3.05) is 0 Å². The second-order valence-electron chi connectivity index (χ2n) is 3.22. The summed E-state index contributed by atoms with van der Waals surface area (Å²) >= 11 is 0. The Morgan fingerprint density at radius 3 is 2.57 bits per heavy atom. The van der Waals surface area contributed by atoms with Crippen LogP contribution >= 0.6 is 0 Å². The molecule has 0 aliphatic carbocycles. The van der Waals surface area contributed by atoms with Gasteiger partial charge in [0.05, 0.1) is 0 Å². The summed E-state index contributed by atoms with van der Waals surface area (Å²) in [6, 6.07) is 6.61. The summed E-state index contributed by atoms with van der Waals surface area (Å²) in [4.78, 5) is 0. The number of hydrogen-bond acceptors (Lipinski definition) is 2. The van der Waals surface area contributed by atoms with Crippen molar-refractivity contribution in [2.24, 2.45) is 5.84 Å². The molecule has 0 aliphatic heterocycles. The standard InChI is InChI=1S/C11H15FN2/c1-2-3-11(14-13)8-9-4-6-10(12)7-5-9/h2,4-7,11,14H,1,3,8,13H2. The fraction of sp³-hybridized carbons (Fsp3) is 0.273. The molecule has 1 unspecified atom stereocenters. The molecule has 0 amide bonds. The molecule has 14 heavy (non-hydrogen) atoms. The first kappa shape index (κ1) is 10.9. The van der Waals surface area contributed by atoms with Crippen LogP contribution in [0, 0.1) is 5.82 Å². The smallest absolute Gasteiger partial charge is 0.123 e. The molecule has 0 spiro atoms. The molecule has 1 rings (SSSR count).